The summed E-state index contributed by atoms with van der Waals surface area (Å²) in [6, 6.07) is 10.2. The van der Waals surface area contributed by atoms with Crippen LogP contribution in [0.2, 0.25) is 0 Å². The van der Waals surface area contributed by atoms with Crippen LogP contribution in [0.5, 0.6) is 0 Å². The Morgan fingerprint density at radius 1 is 1.27 bits per heavy atom. The van der Waals surface area contributed by atoms with Gasteiger partial charge in [0, 0.05) is 5.92 Å². The van der Waals surface area contributed by atoms with E-state index in [2.05, 4.69) is 12.1 Å². The Hall–Kier alpha value is -1.31. The van der Waals surface area contributed by atoms with Gasteiger partial charge in [-0.25, -0.2) is 0 Å². The second-order valence-electron chi connectivity index (χ2n) is 4.61. The highest BCUT2D eigenvalue weighted by molar-refractivity contribution is 5.78. The van der Waals surface area contributed by atoms with Crippen LogP contribution >= 0.6 is 0 Å². The van der Waals surface area contributed by atoms with Crippen LogP contribution in [-0.2, 0) is 9.53 Å². The van der Waals surface area contributed by atoms with Gasteiger partial charge in [-0.3, -0.25) is 4.79 Å². The fraction of sp³-hybridized carbons (Fsp3) is 0.462. The molecule has 1 fully saturated rings. The predicted molar refractivity (Wildman–Crippen MR) is 58.5 cm³/mol. The topological polar surface area (TPSA) is 26.3 Å². The van der Waals surface area contributed by atoms with Crippen LogP contribution in [0, 0.1) is 5.41 Å². The van der Waals surface area contributed by atoms with Crippen molar-refractivity contribution >= 4 is 5.97 Å². The molecule has 1 saturated heterocycles. The minimum absolute atomic E-state index is 0.0809. The zero-order valence-electron chi connectivity index (χ0n) is 9.19. The fourth-order valence-electron chi connectivity index (χ4n) is 2.23. The number of esters is 1. The van der Waals surface area contributed by atoms with Crippen molar-refractivity contribution in [1.82, 2.24) is 0 Å². The molecule has 0 bridgehead atoms. The molecule has 0 N–H and O–H groups in total. The van der Waals surface area contributed by atoms with Crippen LogP contribution in [-0.4, -0.2) is 12.6 Å². The number of carbonyl (C=O) groups is 1. The summed E-state index contributed by atoms with van der Waals surface area (Å²) in [5, 5.41) is 0. The van der Waals surface area contributed by atoms with E-state index in [1.165, 1.54) is 5.56 Å². The number of cyclic esters (lactones) is 1. The number of carbonyl (C=O) groups excluding carboxylic acids is 1. The third kappa shape index (κ3) is 1.76. The summed E-state index contributed by atoms with van der Waals surface area (Å²) in [5.41, 5.74) is 0.832. The summed E-state index contributed by atoms with van der Waals surface area (Å²) >= 11 is 0. The van der Waals surface area contributed by atoms with Crippen molar-refractivity contribution in [3.63, 3.8) is 0 Å². The van der Waals surface area contributed by atoms with Gasteiger partial charge >= 0.3 is 5.97 Å². The first kappa shape index (κ1) is 10.2. The molecule has 1 aromatic rings. The Kier molecular flexibility index (Phi) is 2.51. The van der Waals surface area contributed by atoms with E-state index in [-0.39, 0.29) is 11.9 Å². The summed E-state index contributed by atoms with van der Waals surface area (Å²) in [6.07, 6.45) is 0.919. The first-order chi connectivity index (χ1) is 7.12. The number of ether oxygens (including phenoxy) is 1. The molecule has 1 aliphatic rings. The molecule has 80 valence electrons. The van der Waals surface area contributed by atoms with Crippen molar-refractivity contribution in [1.29, 1.82) is 0 Å². The van der Waals surface area contributed by atoms with Gasteiger partial charge < -0.3 is 4.74 Å². The van der Waals surface area contributed by atoms with Crippen LogP contribution in [0.4, 0.5) is 0 Å². The van der Waals surface area contributed by atoms with Crippen LogP contribution in [0.3, 0.4) is 0 Å². The third-order valence-electron chi connectivity index (χ3n) is 3.24. The van der Waals surface area contributed by atoms with Gasteiger partial charge in [0.05, 0.1) is 12.0 Å². The van der Waals surface area contributed by atoms with E-state index in [4.69, 9.17) is 4.74 Å². The van der Waals surface area contributed by atoms with Crippen molar-refractivity contribution in [3.05, 3.63) is 35.9 Å². The zero-order valence-corrected chi connectivity index (χ0v) is 9.19. The summed E-state index contributed by atoms with van der Waals surface area (Å²) in [4.78, 5) is 11.7. The van der Waals surface area contributed by atoms with Crippen molar-refractivity contribution in [2.75, 3.05) is 6.61 Å². The quantitative estimate of drug-likeness (QED) is 0.657. The van der Waals surface area contributed by atoms with E-state index in [1.807, 2.05) is 32.0 Å². The molecule has 1 atom stereocenters. The van der Waals surface area contributed by atoms with E-state index < -0.39 is 5.41 Å². The lowest BCUT2D eigenvalue weighted by atomic mass is 9.72. The van der Waals surface area contributed by atoms with Gasteiger partial charge in [0.25, 0.3) is 0 Å². The van der Waals surface area contributed by atoms with Gasteiger partial charge in [0.15, 0.2) is 0 Å². The van der Waals surface area contributed by atoms with E-state index in [0.29, 0.717) is 6.61 Å². The average Bonchev–Trinajstić information content (AvgIpc) is 2.23. The maximum atomic E-state index is 11.7. The molecule has 0 amide bonds. The lowest BCUT2D eigenvalue weighted by Gasteiger charge is -2.36. The molecule has 2 nitrogen and oxygen atoms in total. The van der Waals surface area contributed by atoms with Gasteiger partial charge in [0.2, 0.25) is 0 Å². The zero-order chi connectivity index (χ0) is 10.9. The SMILES string of the molecule is CC1(C)C(=O)OCC[C@H]1c1ccccc1. The summed E-state index contributed by atoms with van der Waals surface area (Å²) < 4.78 is 5.11. The van der Waals surface area contributed by atoms with Crippen LogP contribution in [0.25, 0.3) is 0 Å². The van der Waals surface area contributed by atoms with E-state index in [0.717, 1.165) is 6.42 Å². The maximum absolute atomic E-state index is 11.7. The molecular weight excluding hydrogens is 188 g/mol. The highest BCUT2D eigenvalue weighted by atomic mass is 16.5. The molecule has 2 rings (SSSR count). The monoisotopic (exact) mass is 204 g/mol. The molecule has 0 aromatic heterocycles. The summed E-state index contributed by atoms with van der Waals surface area (Å²) in [5.74, 6) is 0.197. The number of hydrogen-bond donors (Lipinski definition) is 0. The van der Waals surface area contributed by atoms with E-state index in [1.54, 1.807) is 0 Å². The first-order valence-electron chi connectivity index (χ1n) is 5.34. The average molecular weight is 204 g/mol. The van der Waals surface area contributed by atoms with Gasteiger partial charge in [-0.2, -0.15) is 0 Å². The lowest BCUT2D eigenvalue weighted by Crippen LogP contribution is -2.38. The largest absolute Gasteiger partial charge is 0.465 e. The Labute approximate surface area is 90.3 Å². The lowest BCUT2D eigenvalue weighted by molar-refractivity contribution is -0.161. The number of benzene rings is 1. The summed E-state index contributed by atoms with van der Waals surface area (Å²) in [6.45, 7) is 4.47. The second kappa shape index (κ2) is 3.69. The molecule has 0 spiro atoms. The predicted octanol–water partition coefficient (Wildman–Crippen LogP) is 2.74. The van der Waals surface area contributed by atoms with Crippen LogP contribution in [0.1, 0.15) is 31.7 Å². The summed E-state index contributed by atoms with van der Waals surface area (Å²) in [7, 11) is 0. The Bertz CT molecular complexity index is 354. The molecule has 1 aromatic carbocycles. The van der Waals surface area contributed by atoms with Gasteiger partial charge in [-0.05, 0) is 25.8 Å². The highest BCUT2D eigenvalue weighted by Crippen LogP contribution is 2.41. The highest BCUT2D eigenvalue weighted by Gasteiger charge is 2.41. The minimum Gasteiger partial charge on any atom is -0.465 e. The van der Waals surface area contributed by atoms with Crippen molar-refractivity contribution < 1.29 is 9.53 Å². The molecule has 1 heterocycles. The molecule has 0 unspecified atom stereocenters. The Morgan fingerprint density at radius 2 is 1.93 bits per heavy atom. The maximum Gasteiger partial charge on any atom is 0.312 e. The fourth-order valence-corrected chi connectivity index (χ4v) is 2.23. The molecule has 2 heteroatoms. The molecular formula is C13H16O2. The van der Waals surface area contributed by atoms with Crippen LogP contribution < -0.4 is 0 Å². The Morgan fingerprint density at radius 3 is 2.60 bits per heavy atom. The van der Waals surface area contributed by atoms with E-state index >= 15 is 0 Å². The number of rotatable bonds is 1. The molecule has 1 aliphatic heterocycles. The van der Waals surface area contributed by atoms with Crippen molar-refractivity contribution in [2.24, 2.45) is 5.41 Å². The van der Waals surface area contributed by atoms with Crippen molar-refractivity contribution in [2.45, 2.75) is 26.2 Å². The van der Waals surface area contributed by atoms with Gasteiger partial charge in [-0.15, -0.1) is 0 Å². The molecule has 0 aliphatic carbocycles. The van der Waals surface area contributed by atoms with Gasteiger partial charge in [-0.1, -0.05) is 30.3 Å². The second-order valence-corrected chi connectivity index (χ2v) is 4.61. The molecule has 0 radical (unpaired) electrons. The first-order valence-corrected chi connectivity index (χ1v) is 5.34. The van der Waals surface area contributed by atoms with E-state index in [9.17, 15) is 4.79 Å². The minimum atomic E-state index is -0.403. The smallest absolute Gasteiger partial charge is 0.312 e. The molecule has 15 heavy (non-hydrogen) atoms. The third-order valence-corrected chi connectivity index (χ3v) is 3.24. The standard InChI is InChI=1S/C13H16O2/c1-13(2)11(8-9-15-12(13)14)10-6-4-3-5-7-10/h3-7,11H,8-9H2,1-2H3/t11-/m0/s1. The van der Waals surface area contributed by atoms with Gasteiger partial charge in [0.1, 0.15) is 0 Å². The Balaban J connectivity index is 2.32. The van der Waals surface area contributed by atoms with Crippen LogP contribution in [0.15, 0.2) is 30.3 Å². The molecule has 0 saturated carbocycles. The number of hydrogen-bond acceptors (Lipinski definition) is 2. The normalized spacial score (nSPS) is 24.7. The van der Waals surface area contributed by atoms with Crippen molar-refractivity contribution in [3.8, 4) is 0 Å².